The maximum Gasteiger partial charge on any atom is 0.220 e. The maximum atomic E-state index is 11.9. The Morgan fingerprint density at radius 1 is 1.36 bits per heavy atom. The van der Waals surface area contributed by atoms with Crippen molar-refractivity contribution in [2.24, 2.45) is 0 Å². The minimum absolute atomic E-state index is 0.0340. The van der Waals surface area contributed by atoms with Crippen LogP contribution in [0.2, 0.25) is 0 Å². The second-order valence-electron chi connectivity index (χ2n) is 6.63. The lowest BCUT2D eigenvalue weighted by Crippen LogP contribution is -2.32. The molecular weight excluding hydrogens is 318 g/mol. The van der Waals surface area contributed by atoms with Crippen LogP contribution in [0.5, 0.6) is 0 Å². The molecule has 1 atom stereocenters. The van der Waals surface area contributed by atoms with Crippen molar-refractivity contribution < 1.29 is 9.53 Å². The molecule has 0 saturated carbocycles. The van der Waals surface area contributed by atoms with E-state index < -0.39 is 0 Å². The van der Waals surface area contributed by atoms with Gasteiger partial charge in [-0.15, -0.1) is 0 Å². The molecule has 7 heteroatoms. The molecule has 1 unspecified atom stereocenters. The van der Waals surface area contributed by atoms with E-state index in [-0.39, 0.29) is 11.5 Å². The minimum Gasteiger partial charge on any atom is -0.367 e. The van der Waals surface area contributed by atoms with E-state index in [4.69, 9.17) is 4.74 Å². The molecule has 1 aliphatic heterocycles. The van der Waals surface area contributed by atoms with Crippen molar-refractivity contribution in [1.82, 2.24) is 24.8 Å². The zero-order valence-corrected chi connectivity index (χ0v) is 14.6. The maximum absolute atomic E-state index is 11.9. The normalized spacial score (nSPS) is 20.4. The first kappa shape index (κ1) is 17.5. The molecule has 1 aliphatic rings. The number of aromatic nitrogens is 4. The van der Waals surface area contributed by atoms with Crippen molar-refractivity contribution in [3.05, 3.63) is 42.5 Å². The van der Waals surface area contributed by atoms with Crippen LogP contribution in [0, 0.1) is 0 Å². The Morgan fingerprint density at radius 3 is 2.88 bits per heavy atom. The minimum atomic E-state index is -0.382. The monoisotopic (exact) mass is 343 g/mol. The Balaban J connectivity index is 1.42. The van der Waals surface area contributed by atoms with E-state index in [9.17, 15) is 4.79 Å². The molecule has 3 rings (SSSR count). The zero-order chi connectivity index (χ0) is 17.5. The molecule has 25 heavy (non-hydrogen) atoms. The van der Waals surface area contributed by atoms with E-state index in [1.165, 1.54) is 0 Å². The SMILES string of the molecule is CC1(c2ncc(CNC(=O)CCCn3ccnc3)cn2)CCCCO1. The summed E-state index contributed by atoms with van der Waals surface area (Å²) >= 11 is 0. The Labute approximate surface area is 147 Å². The first-order chi connectivity index (χ1) is 12.2. The van der Waals surface area contributed by atoms with Gasteiger partial charge < -0.3 is 14.6 Å². The molecule has 134 valence electrons. The van der Waals surface area contributed by atoms with Crippen molar-refractivity contribution in [2.75, 3.05) is 6.61 Å². The molecule has 2 aromatic rings. The molecule has 1 N–H and O–H groups in total. The van der Waals surface area contributed by atoms with E-state index in [1.807, 2.05) is 17.7 Å². The Hall–Kier alpha value is -2.28. The topological polar surface area (TPSA) is 81.9 Å². The summed E-state index contributed by atoms with van der Waals surface area (Å²) < 4.78 is 7.83. The van der Waals surface area contributed by atoms with E-state index >= 15 is 0 Å². The summed E-state index contributed by atoms with van der Waals surface area (Å²) in [6.07, 6.45) is 13.4. The van der Waals surface area contributed by atoms with Gasteiger partial charge in [-0.1, -0.05) is 0 Å². The van der Waals surface area contributed by atoms with Crippen molar-refractivity contribution in [3.8, 4) is 0 Å². The zero-order valence-electron chi connectivity index (χ0n) is 14.6. The highest BCUT2D eigenvalue weighted by Gasteiger charge is 2.32. The quantitative estimate of drug-likeness (QED) is 0.833. The van der Waals surface area contributed by atoms with E-state index in [2.05, 4.69) is 20.3 Å². The highest BCUT2D eigenvalue weighted by atomic mass is 16.5. The second kappa shape index (κ2) is 8.20. The van der Waals surface area contributed by atoms with Gasteiger partial charge in [0.05, 0.1) is 6.33 Å². The number of carbonyl (C=O) groups is 1. The van der Waals surface area contributed by atoms with Crippen molar-refractivity contribution in [1.29, 1.82) is 0 Å². The van der Waals surface area contributed by atoms with Crippen LogP contribution in [0.1, 0.15) is 50.4 Å². The fourth-order valence-corrected chi connectivity index (χ4v) is 2.96. The smallest absolute Gasteiger partial charge is 0.220 e. The molecule has 1 fully saturated rings. The standard InChI is InChI=1S/C18H25N5O2/c1-18(6-2-3-10-25-18)17-21-12-15(13-22-17)11-20-16(24)5-4-8-23-9-7-19-14-23/h7,9,12-14H,2-6,8,10-11H2,1H3,(H,20,24). The molecule has 3 heterocycles. The predicted octanol–water partition coefficient (Wildman–Crippen LogP) is 2.19. The summed E-state index contributed by atoms with van der Waals surface area (Å²) in [5, 5.41) is 2.91. The lowest BCUT2D eigenvalue weighted by molar-refractivity contribution is -0.121. The fourth-order valence-electron chi connectivity index (χ4n) is 2.96. The number of carbonyl (C=O) groups excluding carboxylic acids is 1. The number of imidazole rings is 1. The predicted molar refractivity (Wildman–Crippen MR) is 92.5 cm³/mol. The first-order valence-electron chi connectivity index (χ1n) is 8.83. The Bertz CT molecular complexity index is 663. The summed E-state index contributed by atoms with van der Waals surface area (Å²) in [4.78, 5) is 24.8. The second-order valence-corrected chi connectivity index (χ2v) is 6.63. The van der Waals surface area contributed by atoms with Gasteiger partial charge in [0.25, 0.3) is 0 Å². The lowest BCUT2D eigenvalue weighted by atomic mass is 9.95. The molecule has 0 aromatic carbocycles. The van der Waals surface area contributed by atoms with Gasteiger partial charge in [0.15, 0.2) is 5.82 Å². The number of hydrogen-bond donors (Lipinski definition) is 1. The number of ether oxygens (including phenoxy) is 1. The van der Waals surface area contributed by atoms with Gasteiger partial charge in [-0.3, -0.25) is 4.79 Å². The van der Waals surface area contributed by atoms with Crippen molar-refractivity contribution in [2.45, 2.75) is 57.7 Å². The number of rotatable bonds is 7. The third-order valence-electron chi connectivity index (χ3n) is 4.52. The van der Waals surface area contributed by atoms with Gasteiger partial charge in [-0.05, 0) is 32.6 Å². The van der Waals surface area contributed by atoms with Gasteiger partial charge in [-0.25, -0.2) is 15.0 Å². The van der Waals surface area contributed by atoms with Gasteiger partial charge in [0, 0.05) is 56.5 Å². The van der Waals surface area contributed by atoms with Crippen LogP contribution in [0.4, 0.5) is 0 Å². The van der Waals surface area contributed by atoms with Gasteiger partial charge in [-0.2, -0.15) is 0 Å². The highest BCUT2D eigenvalue weighted by molar-refractivity contribution is 5.75. The molecule has 2 aromatic heterocycles. The van der Waals surface area contributed by atoms with Crippen LogP contribution in [0.25, 0.3) is 0 Å². The molecule has 0 bridgehead atoms. The Kier molecular flexibility index (Phi) is 5.75. The van der Waals surface area contributed by atoms with E-state index in [0.29, 0.717) is 13.0 Å². The highest BCUT2D eigenvalue weighted by Crippen LogP contribution is 2.32. The fraction of sp³-hybridized carbons (Fsp3) is 0.556. The van der Waals surface area contributed by atoms with Gasteiger partial charge >= 0.3 is 0 Å². The molecular formula is C18H25N5O2. The summed E-state index contributed by atoms with van der Waals surface area (Å²) in [5.74, 6) is 0.759. The molecule has 1 amide bonds. The number of nitrogens with zero attached hydrogens (tertiary/aromatic N) is 4. The third kappa shape index (κ3) is 4.85. The number of aryl methyl sites for hydroxylation is 1. The summed E-state index contributed by atoms with van der Waals surface area (Å²) in [7, 11) is 0. The Morgan fingerprint density at radius 2 is 2.20 bits per heavy atom. The molecule has 0 radical (unpaired) electrons. The van der Waals surface area contributed by atoms with Crippen LogP contribution in [-0.4, -0.2) is 32.0 Å². The summed E-state index contributed by atoms with van der Waals surface area (Å²) in [6, 6.07) is 0. The van der Waals surface area contributed by atoms with Crippen LogP contribution >= 0.6 is 0 Å². The van der Waals surface area contributed by atoms with E-state index in [1.54, 1.807) is 24.9 Å². The summed E-state index contributed by atoms with van der Waals surface area (Å²) in [6.45, 7) is 4.05. The average molecular weight is 343 g/mol. The largest absolute Gasteiger partial charge is 0.367 e. The van der Waals surface area contributed by atoms with Gasteiger partial charge in [0.1, 0.15) is 5.60 Å². The third-order valence-corrected chi connectivity index (χ3v) is 4.52. The molecule has 7 nitrogen and oxygen atoms in total. The van der Waals surface area contributed by atoms with Crippen LogP contribution in [-0.2, 0) is 28.2 Å². The van der Waals surface area contributed by atoms with Crippen molar-refractivity contribution >= 4 is 5.91 Å². The molecule has 0 spiro atoms. The molecule has 0 aliphatic carbocycles. The average Bonchev–Trinajstić information content (AvgIpc) is 3.14. The van der Waals surface area contributed by atoms with E-state index in [0.717, 1.165) is 50.2 Å². The number of amides is 1. The molecule has 1 saturated heterocycles. The first-order valence-corrected chi connectivity index (χ1v) is 8.83. The lowest BCUT2D eigenvalue weighted by Gasteiger charge is -2.32. The van der Waals surface area contributed by atoms with Gasteiger partial charge in [0.2, 0.25) is 5.91 Å². The number of hydrogen-bond acceptors (Lipinski definition) is 5. The number of nitrogens with one attached hydrogen (secondary N) is 1. The van der Waals surface area contributed by atoms with Crippen LogP contribution in [0.3, 0.4) is 0 Å². The van der Waals surface area contributed by atoms with Crippen LogP contribution < -0.4 is 5.32 Å². The van der Waals surface area contributed by atoms with Crippen molar-refractivity contribution in [3.63, 3.8) is 0 Å². The summed E-state index contributed by atoms with van der Waals surface area (Å²) in [5.41, 5.74) is 0.513. The van der Waals surface area contributed by atoms with Crippen LogP contribution in [0.15, 0.2) is 31.1 Å².